The van der Waals surface area contributed by atoms with Crippen LogP contribution in [-0.4, -0.2) is 72.9 Å². The second kappa shape index (κ2) is 8.90. The Morgan fingerprint density at radius 2 is 1.89 bits per heavy atom. The molecule has 0 saturated carbocycles. The van der Waals surface area contributed by atoms with Gasteiger partial charge < -0.3 is 20.2 Å². The van der Waals surface area contributed by atoms with E-state index in [1.54, 1.807) is 0 Å². The second-order valence-electron chi connectivity index (χ2n) is 5.68. The largest absolute Gasteiger partial charge is 0.394 e. The number of aliphatic hydroxyl groups is 1. The topological polar surface area (TPSA) is 38.7 Å². The number of nitrogens with one attached hydrogen (secondary N) is 1. The van der Waals surface area contributed by atoms with E-state index >= 15 is 0 Å². The lowest BCUT2D eigenvalue weighted by Gasteiger charge is -2.33. The Hall–Kier alpha value is -0.160. The van der Waals surface area contributed by atoms with Gasteiger partial charge in [0.05, 0.1) is 6.61 Å². The van der Waals surface area contributed by atoms with E-state index in [0.717, 1.165) is 52.1 Å². The molecule has 0 bridgehead atoms. The highest BCUT2D eigenvalue weighted by atomic mass is 16.3. The van der Waals surface area contributed by atoms with Gasteiger partial charge in [-0.2, -0.15) is 0 Å². The van der Waals surface area contributed by atoms with E-state index < -0.39 is 0 Å². The van der Waals surface area contributed by atoms with Crippen LogP contribution in [0.15, 0.2) is 0 Å². The summed E-state index contributed by atoms with van der Waals surface area (Å²) in [6.07, 6.45) is 3.35. The summed E-state index contributed by atoms with van der Waals surface area (Å²) in [5.74, 6) is 0. The van der Waals surface area contributed by atoms with E-state index in [2.05, 4.69) is 35.9 Å². The molecule has 0 aliphatic carbocycles. The molecule has 4 heteroatoms. The molecule has 1 saturated heterocycles. The molecule has 0 amide bonds. The van der Waals surface area contributed by atoms with E-state index in [9.17, 15) is 5.11 Å². The predicted molar refractivity (Wildman–Crippen MR) is 81.6 cm³/mol. The van der Waals surface area contributed by atoms with Gasteiger partial charge in [0.2, 0.25) is 0 Å². The first-order valence-electron chi connectivity index (χ1n) is 8.00. The lowest BCUT2D eigenvalue weighted by molar-refractivity contribution is 0.138. The Labute approximate surface area is 119 Å². The molecular weight excluding hydrogens is 238 g/mol. The monoisotopic (exact) mass is 271 g/mol. The molecule has 1 aliphatic rings. The summed E-state index contributed by atoms with van der Waals surface area (Å²) in [7, 11) is 0. The summed E-state index contributed by atoms with van der Waals surface area (Å²) in [5, 5.41) is 13.5. The van der Waals surface area contributed by atoms with Gasteiger partial charge in [-0.25, -0.2) is 0 Å². The SMILES string of the molecule is CCN(CC)CCNC1(CO)CCCN(CC)CC1. The number of aliphatic hydroxyl groups excluding tert-OH is 1. The van der Waals surface area contributed by atoms with Crippen molar-refractivity contribution in [2.75, 3.05) is 52.4 Å². The second-order valence-corrected chi connectivity index (χ2v) is 5.68. The minimum Gasteiger partial charge on any atom is -0.394 e. The molecule has 1 fully saturated rings. The van der Waals surface area contributed by atoms with E-state index in [-0.39, 0.29) is 12.1 Å². The van der Waals surface area contributed by atoms with E-state index in [4.69, 9.17) is 0 Å². The number of likely N-dealkylation sites (N-methyl/N-ethyl adjacent to an activating group) is 1. The third-order valence-corrected chi connectivity index (χ3v) is 4.61. The van der Waals surface area contributed by atoms with Crippen molar-refractivity contribution in [3.63, 3.8) is 0 Å². The maximum atomic E-state index is 9.81. The quantitative estimate of drug-likeness (QED) is 0.695. The molecule has 1 rings (SSSR count). The Bertz CT molecular complexity index is 233. The van der Waals surface area contributed by atoms with Crippen LogP contribution in [0.2, 0.25) is 0 Å². The highest BCUT2D eigenvalue weighted by Crippen LogP contribution is 2.21. The van der Waals surface area contributed by atoms with Gasteiger partial charge in [-0.3, -0.25) is 0 Å². The van der Waals surface area contributed by atoms with Crippen LogP contribution in [0, 0.1) is 0 Å². The third kappa shape index (κ3) is 5.38. The fraction of sp³-hybridized carbons (Fsp3) is 1.00. The number of hydrogen-bond acceptors (Lipinski definition) is 4. The predicted octanol–water partition coefficient (Wildman–Crippen LogP) is 1.15. The van der Waals surface area contributed by atoms with Crippen molar-refractivity contribution in [2.45, 2.75) is 45.6 Å². The van der Waals surface area contributed by atoms with Crippen molar-refractivity contribution >= 4 is 0 Å². The van der Waals surface area contributed by atoms with E-state index in [1.807, 2.05) is 0 Å². The van der Waals surface area contributed by atoms with Crippen molar-refractivity contribution in [3.05, 3.63) is 0 Å². The maximum Gasteiger partial charge on any atom is 0.0613 e. The Morgan fingerprint density at radius 3 is 2.47 bits per heavy atom. The van der Waals surface area contributed by atoms with Crippen molar-refractivity contribution in [3.8, 4) is 0 Å². The van der Waals surface area contributed by atoms with Crippen molar-refractivity contribution < 1.29 is 5.11 Å². The molecule has 0 spiro atoms. The first-order valence-corrected chi connectivity index (χ1v) is 8.00. The van der Waals surface area contributed by atoms with Gasteiger partial charge >= 0.3 is 0 Å². The van der Waals surface area contributed by atoms with Crippen LogP contribution in [0.1, 0.15) is 40.0 Å². The first-order chi connectivity index (χ1) is 9.19. The molecule has 1 unspecified atom stereocenters. The van der Waals surface area contributed by atoms with E-state index in [0.29, 0.717) is 0 Å². The molecule has 0 aromatic heterocycles. The first kappa shape index (κ1) is 16.9. The number of hydrogen-bond donors (Lipinski definition) is 2. The molecule has 1 heterocycles. The van der Waals surface area contributed by atoms with Crippen LogP contribution in [0.5, 0.6) is 0 Å². The molecule has 114 valence electrons. The average Bonchev–Trinajstić information content (AvgIpc) is 2.66. The third-order valence-electron chi connectivity index (χ3n) is 4.61. The zero-order valence-electron chi connectivity index (χ0n) is 13.1. The Balaban J connectivity index is 2.42. The van der Waals surface area contributed by atoms with Gasteiger partial charge in [-0.1, -0.05) is 20.8 Å². The van der Waals surface area contributed by atoms with Gasteiger partial charge in [0.15, 0.2) is 0 Å². The van der Waals surface area contributed by atoms with Crippen LogP contribution < -0.4 is 5.32 Å². The van der Waals surface area contributed by atoms with Gasteiger partial charge in [0, 0.05) is 18.6 Å². The van der Waals surface area contributed by atoms with Gasteiger partial charge in [0.1, 0.15) is 0 Å². The molecule has 4 nitrogen and oxygen atoms in total. The van der Waals surface area contributed by atoms with Crippen molar-refractivity contribution in [1.29, 1.82) is 0 Å². The van der Waals surface area contributed by atoms with Gasteiger partial charge in [0.25, 0.3) is 0 Å². The Kier molecular flexibility index (Phi) is 7.91. The smallest absolute Gasteiger partial charge is 0.0613 e. The number of likely N-dealkylation sites (tertiary alicyclic amines) is 1. The minimum absolute atomic E-state index is 0.0446. The zero-order valence-corrected chi connectivity index (χ0v) is 13.1. The van der Waals surface area contributed by atoms with Crippen LogP contribution >= 0.6 is 0 Å². The van der Waals surface area contributed by atoms with Crippen molar-refractivity contribution in [2.24, 2.45) is 0 Å². The lowest BCUT2D eigenvalue weighted by Crippen LogP contribution is -2.51. The fourth-order valence-electron chi connectivity index (χ4n) is 2.98. The minimum atomic E-state index is -0.0446. The summed E-state index contributed by atoms with van der Waals surface area (Å²) in [5.41, 5.74) is -0.0446. The number of rotatable bonds is 8. The zero-order chi connectivity index (χ0) is 14.1. The van der Waals surface area contributed by atoms with Gasteiger partial charge in [-0.05, 0) is 52.0 Å². The molecule has 0 aromatic carbocycles. The summed E-state index contributed by atoms with van der Waals surface area (Å²) in [4.78, 5) is 4.91. The highest BCUT2D eigenvalue weighted by Gasteiger charge is 2.31. The van der Waals surface area contributed by atoms with Crippen LogP contribution in [0.4, 0.5) is 0 Å². The highest BCUT2D eigenvalue weighted by molar-refractivity contribution is 4.91. The molecule has 19 heavy (non-hydrogen) atoms. The van der Waals surface area contributed by atoms with E-state index in [1.165, 1.54) is 13.0 Å². The lowest BCUT2D eigenvalue weighted by atomic mass is 9.91. The van der Waals surface area contributed by atoms with Crippen molar-refractivity contribution in [1.82, 2.24) is 15.1 Å². The standard InChI is InChI=1S/C15H33N3O/c1-4-17(5-2)13-10-16-15(14-19)8-7-11-18(6-3)12-9-15/h16,19H,4-14H2,1-3H3. The molecule has 1 aliphatic heterocycles. The Morgan fingerprint density at radius 1 is 1.16 bits per heavy atom. The van der Waals surface area contributed by atoms with Crippen LogP contribution in [0.3, 0.4) is 0 Å². The normalized spacial score (nSPS) is 25.7. The summed E-state index contributed by atoms with van der Waals surface area (Å²) in [6, 6.07) is 0. The fourth-order valence-corrected chi connectivity index (χ4v) is 2.98. The summed E-state index contributed by atoms with van der Waals surface area (Å²) >= 11 is 0. The number of nitrogens with zero attached hydrogens (tertiary/aromatic N) is 2. The molecule has 0 radical (unpaired) electrons. The molecular formula is C15H33N3O. The average molecular weight is 271 g/mol. The van der Waals surface area contributed by atoms with Crippen LogP contribution in [-0.2, 0) is 0 Å². The maximum absolute atomic E-state index is 9.81. The summed E-state index contributed by atoms with van der Waals surface area (Å²) < 4.78 is 0. The summed E-state index contributed by atoms with van der Waals surface area (Å²) in [6.45, 7) is 14.6. The van der Waals surface area contributed by atoms with Crippen LogP contribution in [0.25, 0.3) is 0 Å². The molecule has 2 N–H and O–H groups in total. The van der Waals surface area contributed by atoms with Gasteiger partial charge in [-0.15, -0.1) is 0 Å². The molecule has 0 aromatic rings. The molecule has 1 atom stereocenters.